The molecule has 0 amide bonds. The number of nitrogens with two attached hydrogens (primary N) is 1. The number of phenolic OH excluding ortho intramolecular Hbond substituents is 1. The fourth-order valence-corrected chi connectivity index (χ4v) is 1.35. The molecule has 0 bridgehead atoms. The van der Waals surface area contributed by atoms with Gasteiger partial charge >= 0.3 is 0 Å². The van der Waals surface area contributed by atoms with E-state index in [4.69, 9.17) is 10.5 Å². The molecule has 0 spiro atoms. The van der Waals surface area contributed by atoms with Crippen LogP contribution in [0.15, 0.2) is 12.1 Å². The zero-order chi connectivity index (χ0) is 12.1. The number of rotatable bonds is 5. The monoisotopic (exact) mass is 223 g/mol. The van der Waals surface area contributed by atoms with Gasteiger partial charge in [-0.3, -0.25) is 9.59 Å². The van der Waals surface area contributed by atoms with Crippen molar-refractivity contribution in [3.8, 4) is 11.5 Å². The third-order valence-corrected chi connectivity index (χ3v) is 2.15. The standard InChI is InChI=1S/C11H13NO4/c1-16-11-5-8(9(14)2-3-12)7(6-13)4-10(11)15/h4-6,15H,2-3,12H2,1H3. The molecule has 0 unspecified atom stereocenters. The van der Waals surface area contributed by atoms with Crippen molar-refractivity contribution in [3.63, 3.8) is 0 Å². The summed E-state index contributed by atoms with van der Waals surface area (Å²) in [4.78, 5) is 22.4. The third kappa shape index (κ3) is 2.38. The van der Waals surface area contributed by atoms with Crippen LogP contribution in [0.25, 0.3) is 0 Å². The molecule has 0 aliphatic rings. The maximum absolute atomic E-state index is 11.6. The fraction of sp³-hybridized carbons (Fsp3) is 0.273. The number of Topliss-reactive ketones (excluding diaryl/α,β-unsaturated/α-hetero) is 1. The Bertz CT molecular complexity index is 415. The Balaban J connectivity index is 3.24. The molecule has 0 fully saturated rings. The molecular weight excluding hydrogens is 210 g/mol. The summed E-state index contributed by atoms with van der Waals surface area (Å²) in [7, 11) is 1.37. The number of hydrogen-bond acceptors (Lipinski definition) is 5. The zero-order valence-corrected chi connectivity index (χ0v) is 8.90. The van der Waals surface area contributed by atoms with E-state index in [9.17, 15) is 14.7 Å². The predicted molar refractivity (Wildman–Crippen MR) is 58.0 cm³/mol. The molecule has 86 valence electrons. The van der Waals surface area contributed by atoms with Crippen LogP contribution in [0.4, 0.5) is 0 Å². The molecule has 16 heavy (non-hydrogen) atoms. The molecule has 0 aromatic heterocycles. The van der Waals surface area contributed by atoms with Gasteiger partial charge in [0.15, 0.2) is 23.6 Å². The molecule has 0 radical (unpaired) electrons. The van der Waals surface area contributed by atoms with E-state index in [-0.39, 0.29) is 41.4 Å². The number of ketones is 1. The summed E-state index contributed by atoms with van der Waals surface area (Å²) in [6, 6.07) is 2.55. The van der Waals surface area contributed by atoms with Crippen molar-refractivity contribution >= 4 is 12.1 Å². The van der Waals surface area contributed by atoms with Crippen molar-refractivity contribution in [2.75, 3.05) is 13.7 Å². The van der Waals surface area contributed by atoms with E-state index >= 15 is 0 Å². The summed E-state index contributed by atoms with van der Waals surface area (Å²) < 4.78 is 4.86. The SMILES string of the molecule is COc1cc(C(=O)CCN)c(C=O)cc1O. The molecular formula is C11H13NO4. The summed E-state index contributed by atoms with van der Waals surface area (Å²) >= 11 is 0. The van der Waals surface area contributed by atoms with Crippen LogP contribution in [-0.2, 0) is 0 Å². The van der Waals surface area contributed by atoms with Gasteiger partial charge in [0.1, 0.15) is 0 Å². The highest BCUT2D eigenvalue weighted by Crippen LogP contribution is 2.29. The van der Waals surface area contributed by atoms with Gasteiger partial charge in [-0.1, -0.05) is 0 Å². The summed E-state index contributed by atoms with van der Waals surface area (Å²) in [5.74, 6) is -0.261. The number of aromatic hydroxyl groups is 1. The molecule has 0 aliphatic carbocycles. The molecule has 1 rings (SSSR count). The van der Waals surface area contributed by atoms with Gasteiger partial charge < -0.3 is 15.6 Å². The smallest absolute Gasteiger partial charge is 0.164 e. The van der Waals surface area contributed by atoms with Crippen LogP contribution in [0, 0.1) is 0 Å². The van der Waals surface area contributed by atoms with Crippen molar-refractivity contribution in [1.29, 1.82) is 0 Å². The average molecular weight is 223 g/mol. The number of hydrogen-bond donors (Lipinski definition) is 2. The van der Waals surface area contributed by atoms with Crippen LogP contribution in [-0.4, -0.2) is 30.8 Å². The highest BCUT2D eigenvalue weighted by atomic mass is 16.5. The molecule has 0 aliphatic heterocycles. The first-order chi connectivity index (χ1) is 7.63. The number of benzene rings is 1. The lowest BCUT2D eigenvalue weighted by atomic mass is 10.0. The molecule has 5 heteroatoms. The average Bonchev–Trinajstić information content (AvgIpc) is 2.28. The molecule has 0 atom stereocenters. The second-order valence-electron chi connectivity index (χ2n) is 3.19. The Hall–Kier alpha value is -1.88. The van der Waals surface area contributed by atoms with Gasteiger partial charge in [-0.05, 0) is 18.7 Å². The number of carbonyl (C=O) groups excluding carboxylic acids is 2. The van der Waals surface area contributed by atoms with Crippen molar-refractivity contribution in [3.05, 3.63) is 23.3 Å². The van der Waals surface area contributed by atoms with Gasteiger partial charge in [-0.15, -0.1) is 0 Å². The third-order valence-electron chi connectivity index (χ3n) is 2.15. The Kier molecular flexibility index (Phi) is 4.02. The first kappa shape index (κ1) is 12.2. The minimum absolute atomic E-state index is 0.136. The van der Waals surface area contributed by atoms with E-state index in [1.54, 1.807) is 0 Å². The van der Waals surface area contributed by atoms with Crippen molar-refractivity contribution in [1.82, 2.24) is 0 Å². The normalized spacial score (nSPS) is 9.88. The Morgan fingerprint density at radius 2 is 2.25 bits per heavy atom. The first-order valence-electron chi connectivity index (χ1n) is 4.73. The number of aldehydes is 1. The summed E-state index contributed by atoms with van der Waals surface area (Å²) in [6.07, 6.45) is 0.664. The van der Waals surface area contributed by atoms with E-state index in [1.807, 2.05) is 0 Å². The lowest BCUT2D eigenvalue weighted by Gasteiger charge is -2.08. The Morgan fingerprint density at radius 3 is 2.75 bits per heavy atom. The molecule has 5 nitrogen and oxygen atoms in total. The minimum Gasteiger partial charge on any atom is -0.504 e. The van der Waals surface area contributed by atoms with E-state index in [0.717, 1.165) is 0 Å². The van der Waals surface area contributed by atoms with Crippen LogP contribution < -0.4 is 10.5 Å². The highest BCUT2D eigenvalue weighted by molar-refractivity contribution is 6.03. The van der Waals surface area contributed by atoms with Crippen LogP contribution in [0.1, 0.15) is 27.1 Å². The van der Waals surface area contributed by atoms with Crippen LogP contribution in [0.5, 0.6) is 11.5 Å². The molecule has 0 saturated carbocycles. The molecule has 1 aromatic rings. The first-order valence-corrected chi connectivity index (χ1v) is 4.73. The van der Waals surface area contributed by atoms with Crippen molar-refractivity contribution < 1.29 is 19.4 Å². The summed E-state index contributed by atoms with van der Waals surface area (Å²) in [5.41, 5.74) is 5.62. The molecule has 0 heterocycles. The number of phenols is 1. The Labute approximate surface area is 92.8 Å². The van der Waals surface area contributed by atoms with Gasteiger partial charge in [-0.2, -0.15) is 0 Å². The van der Waals surface area contributed by atoms with Crippen LogP contribution in [0.2, 0.25) is 0 Å². The molecule has 3 N–H and O–H groups in total. The maximum Gasteiger partial charge on any atom is 0.164 e. The van der Waals surface area contributed by atoms with E-state index in [2.05, 4.69) is 0 Å². The lowest BCUT2D eigenvalue weighted by Crippen LogP contribution is -2.10. The van der Waals surface area contributed by atoms with E-state index in [0.29, 0.717) is 6.29 Å². The lowest BCUT2D eigenvalue weighted by molar-refractivity contribution is 0.0978. The topological polar surface area (TPSA) is 89.6 Å². The Morgan fingerprint density at radius 1 is 1.56 bits per heavy atom. The van der Waals surface area contributed by atoms with Gasteiger partial charge in [0.05, 0.1) is 7.11 Å². The minimum atomic E-state index is -0.247. The second-order valence-corrected chi connectivity index (χ2v) is 3.19. The van der Waals surface area contributed by atoms with E-state index in [1.165, 1.54) is 19.2 Å². The summed E-state index contributed by atoms with van der Waals surface area (Å²) in [5, 5.41) is 9.44. The molecule has 1 aromatic carbocycles. The van der Waals surface area contributed by atoms with Gasteiger partial charge in [0.2, 0.25) is 0 Å². The second kappa shape index (κ2) is 5.27. The van der Waals surface area contributed by atoms with Gasteiger partial charge in [0.25, 0.3) is 0 Å². The highest BCUT2D eigenvalue weighted by Gasteiger charge is 2.14. The predicted octanol–water partition coefficient (Wildman–Crippen LogP) is 0.745. The molecule has 0 saturated heterocycles. The van der Waals surface area contributed by atoms with Crippen LogP contribution >= 0.6 is 0 Å². The quantitative estimate of drug-likeness (QED) is 0.567. The van der Waals surface area contributed by atoms with Crippen molar-refractivity contribution in [2.45, 2.75) is 6.42 Å². The maximum atomic E-state index is 11.6. The number of ether oxygens (including phenoxy) is 1. The summed E-state index contributed by atoms with van der Waals surface area (Å²) in [6.45, 7) is 0.209. The van der Waals surface area contributed by atoms with Gasteiger partial charge in [0, 0.05) is 17.5 Å². The fourth-order valence-electron chi connectivity index (χ4n) is 1.35. The number of methoxy groups -OCH3 is 1. The van der Waals surface area contributed by atoms with Crippen LogP contribution in [0.3, 0.4) is 0 Å². The largest absolute Gasteiger partial charge is 0.504 e. The van der Waals surface area contributed by atoms with Crippen molar-refractivity contribution in [2.24, 2.45) is 5.73 Å². The number of carbonyl (C=O) groups is 2. The zero-order valence-electron chi connectivity index (χ0n) is 8.90. The van der Waals surface area contributed by atoms with E-state index < -0.39 is 0 Å². The van der Waals surface area contributed by atoms with Gasteiger partial charge in [-0.25, -0.2) is 0 Å².